The molecule has 2 aromatic rings. The van der Waals surface area contributed by atoms with E-state index in [1.54, 1.807) is 36.7 Å². The van der Waals surface area contributed by atoms with E-state index in [1.165, 1.54) is 18.9 Å². The zero-order valence-electron chi connectivity index (χ0n) is 20.5. The molecule has 4 nitrogen and oxygen atoms in total. The van der Waals surface area contributed by atoms with E-state index in [9.17, 15) is 9.18 Å². The van der Waals surface area contributed by atoms with Crippen molar-refractivity contribution in [3.63, 3.8) is 0 Å². The van der Waals surface area contributed by atoms with E-state index in [0.29, 0.717) is 22.7 Å². The molecular weight excluding hydrogens is 437 g/mol. The number of allylic oxidation sites excluding steroid dienone is 3. The van der Waals surface area contributed by atoms with Gasteiger partial charge in [0.15, 0.2) is 0 Å². The molecule has 180 valence electrons. The highest BCUT2D eigenvalue weighted by molar-refractivity contribution is 6.04. The van der Waals surface area contributed by atoms with Gasteiger partial charge in [0.05, 0.1) is 0 Å². The predicted octanol–water partition coefficient (Wildman–Crippen LogP) is 5.93. The van der Waals surface area contributed by atoms with Crippen molar-refractivity contribution >= 4 is 17.8 Å². The lowest BCUT2D eigenvalue weighted by atomic mass is 9.90. The Bertz CT molecular complexity index is 1220. The number of nitrogens with zero attached hydrogens (tertiary/aromatic N) is 2. The maximum Gasteiger partial charge on any atom is 0.255 e. The number of aryl methyl sites for hydroxylation is 2. The molecular formula is C30H32FN3O. The average Bonchev–Trinajstić information content (AvgIpc) is 3.13. The molecule has 1 fully saturated rings. The summed E-state index contributed by atoms with van der Waals surface area (Å²) in [6.45, 7) is 4.20. The van der Waals surface area contributed by atoms with Crippen molar-refractivity contribution in [2.75, 3.05) is 25.5 Å². The summed E-state index contributed by atoms with van der Waals surface area (Å²) >= 11 is 0. The van der Waals surface area contributed by atoms with Crippen molar-refractivity contribution in [3.8, 4) is 11.8 Å². The van der Waals surface area contributed by atoms with Gasteiger partial charge in [-0.3, -0.25) is 9.79 Å². The molecule has 0 unspecified atom stereocenters. The molecule has 2 aliphatic heterocycles. The van der Waals surface area contributed by atoms with Crippen LogP contribution in [0.1, 0.15) is 52.7 Å². The third-order valence-corrected chi connectivity index (χ3v) is 6.69. The van der Waals surface area contributed by atoms with E-state index in [4.69, 9.17) is 0 Å². The maximum atomic E-state index is 14.7. The van der Waals surface area contributed by atoms with Crippen LogP contribution >= 0.6 is 0 Å². The number of piperidine rings is 1. The number of carbonyl (C=O) groups is 1. The minimum absolute atomic E-state index is 0.265. The molecule has 0 bridgehead atoms. The molecule has 2 aliphatic rings. The van der Waals surface area contributed by atoms with Crippen LogP contribution in [0.4, 0.5) is 10.1 Å². The zero-order chi connectivity index (χ0) is 24.6. The molecule has 35 heavy (non-hydrogen) atoms. The van der Waals surface area contributed by atoms with Crippen molar-refractivity contribution in [2.45, 2.75) is 39.0 Å². The lowest BCUT2D eigenvalue weighted by Gasteiger charge is -2.28. The third kappa shape index (κ3) is 7.00. The Hall–Kier alpha value is -3.49. The Labute approximate surface area is 207 Å². The smallest absolute Gasteiger partial charge is 0.255 e. The van der Waals surface area contributed by atoms with Crippen LogP contribution in [-0.4, -0.2) is 37.2 Å². The molecule has 0 aliphatic carbocycles. The molecule has 0 radical (unpaired) electrons. The Balaban J connectivity index is 1.39. The topological polar surface area (TPSA) is 44.7 Å². The monoisotopic (exact) mass is 469 g/mol. The van der Waals surface area contributed by atoms with Gasteiger partial charge < -0.3 is 10.2 Å². The van der Waals surface area contributed by atoms with Gasteiger partial charge in [-0.25, -0.2) is 4.39 Å². The van der Waals surface area contributed by atoms with Gasteiger partial charge in [0, 0.05) is 34.8 Å². The SMILES string of the molecule is Cc1ccc(C(=O)Nc2ccc(CCC3CCN(C)CC3)c(F)c2)cc1C#CC1=CCC=CN=C1. The summed E-state index contributed by atoms with van der Waals surface area (Å²) in [7, 11) is 2.15. The molecule has 0 aromatic heterocycles. The number of likely N-dealkylation sites (tertiary alicyclic amines) is 1. The van der Waals surface area contributed by atoms with Gasteiger partial charge in [0.2, 0.25) is 0 Å². The largest absolute Gasteiger partial charge is 0.322 e. The molecule has 0 spiro atoms. The van der Waals surface area contributed by atoms with Gasteiger partial charge in [0.25, 0.3) is 5.91 Å². The van der Waals surface area contributed by atoms with Crippen molar-refractivity contribution in [2.24, 2.45) is 10.9 Å². The van der Waals surface area contributed by atoms with Crippen molar-refractivity contribution in [3.05, 3.63) is 88.4 Å². The van der Waals surface area contributed by atoms with E-state index in [1.807, 2.05) is 25.1 Å². The molecule has 5 heteroatoms. The number of hydrogen-bond donors (Lipinski definition) is 1. The summed E-state index contributed by atoms with van der Waals surface area (Å²) < 4.78 is 14.7. The normalized spacial score (nSPS) is 16.3. The highest BCUT2D eigenvalue weighted by atomic mass is 19.1. The van der Waals surface area contributed by atoms with Crippen molar-refractivity contribution in [1.82, 2.24) is 4.90 Å². The predicted molar refractivity (Wildman–Crippen MR) is 141 cm³/mol. The molecule has 2 aromatic carbocycles. The number of carbonyl (C=O) groups excluding carboxylic acids is 1. The number of hydrogen-bond acceptors (Lipinski definition) is 3. The highest BCUT2D eigenvalue weighted by Gasteiger charge is 2.17. The van der Waals surface area contributed by atoms with Crippen LogP contribution < -0.4 is 5.32 Å². The second-order valence-corrected chi connectivity index (χ2v) is 9.38. The summed E-state index contributed by atoms with van der Waals surface area (Å²) in [5, 5.41) is 2.82. The maximum absolute atomic E-state index is 14.7. The molecule has 1 N–H and O–H groups in total. The standard InChI is InChI=1S/C30H32FN3O/c1-22-6-9-27(19-26(22)11-8-24-5-3-4-16-32-21-24)30(35)33-28-13-12-25(29(31)20-28)10-7-23-14-17-34(2)18-15-23/h4-6,9,12-13,16,19-21,23H,3,7,10,14-15,17-18H2,1-2H3,(H,33,35). The van der Waals surface area contributed by atoms with Crippen LogP contribution in [0, 0.1) is 30.5 Å². The first kappa shape index (κ1) is 24.6. The highest BCUT2D eigenvalue weighted by Crippen LogP contribution is 2.24. The number of benzene rings is 2. The number of rotatable bonds is 5. The van der Waals surface area contributed by atoms with Crippen LogP contribution in [0.25, 0.3) is 0 Å². The fourth-order valence-electron chi connectivity index (χ4n) is 4.35. The average molecular weight is 470 g/mol. The summed E-state index contributed by atoms with van der Waals surface area (Å²) in [6.07, 6.45) is 12.3. The zero-order valence-corrected chi connectivity index (χ0v) is 20.5. The van der Waals surface area contributed by atoms with Crippen LogP contribution in [0.5, 0.6) is 0 Å². The number of anilines is 1. The van der Waals surface area contributed by atoms with E-state index >= 15 is 0 Å². The first-order valence-corrected chi connectivity index (χ1v) is 12.3. The second-order valence-electron chi connectivity index (χ2n) is 9.38. The Kier molecular flexibility index (Phi) is 8.28. The molecule has 0 saturated carbocycles. The van der Waals surface area contributed by atoms with Crippen molar-refractivity contribution in [1.29, 1.82) is 0 Å². The van der Waals surface area contributed by atoms with Crippen LogP contribution in [0.15, 0.2) is 65.3 Å². The molecule has 2 heterocycles. The quantitative estimate of drug-likeness (QED) is 0.552. The third-order valence-electron chi connectivity index (χ3n) is 6.69. The van der Waals surface area contributed by atoms with E-state index in [2.05, 4.69) is 34.1 Å². The lowest BCUT2D eigenvalue weighted by Crippen LogP contribution is -2.30. The second kappa shape index (κ2) is 11.8. The van der Waals surface area contributed by atoms with E-state index in [0.717, 1.165) is 49.1 Å². The van der Waals surface area contributed by atoms with Crippen LogP contribution in [0.3, 0.4) is 0 Å². The first-order chi connectivity index (χ1) is 17.0. The minimum atomic E-state index is -0.286. The molecule has 4 rings (SSSR count). The van der Waals surface area contributed by atoms with Gasteiger partial charge >= 0.3 is 0 Å². The summed E-state index contributed by atoms with van der Waals surface area (Å²) in [5.41, 5.74) is 4.25. The van der Waals surface area contributed by atoms with Crippen LogP contribution in [0.2, 0.25) is 0 Å². The minimum Gasteiger partial charge on any atom is -0.322 e. The molecule has 0 atom stereocenters. The number of nitrogens with one attached hydrogen (secondary N) is 1. The first-order valence-electron chi connectivity index (χ1n) is 12.3. The number of aliphatic imine (C=N–C) groups is 1. The summed E-state index contributed by atoms with van der Waals surface area (Å²) in [4.78, 5) is 19.4. The Morgan fingerprint density at radius 3 is 2.80 bits per heavy atom. The Morgan fingerprint density at radius 1 is 1.17 bits per heavy atom. The fraction of sp³-hybridized carbons (Fsp3) is 0.333. The molecule has 1 saturated heterocycles. The van der Waals surface area contributed by atoms with Gasteiger partial charge in [-0.15, -0.1) is 0 Å². The van der Waals surface area contributed by atoms with Gasteiger partial charge in [-0.1, -0.05) is 36.1 Å². The van der Waals surface area contributed by atoms with Crippen molar-refractivity contribution < 1.29 is 9.18 Å². The molecule has 1 amide bonds. The Morgan fingerprint density at radius 2 is 2.00 bits per heavy atom. The van der Waals surface area contributed by atoms with E-state index in [-0.39, 0.29) is 11.7 Å². The number of halogens is 1. The lowest BCUT2D eigenvalue weighted by molar-refractivity contribution is 0.102. The summed E-state index contributed by atoms with van der Waals surface area (Å²) in [5.74, 6) is 6.38. The van der Waals surface area contributed by atoms with Gasteiger partial charge in [0.1, 0.15) is 5.82 Å². The van der Waals surface area contributed by atoms with Gasteiger partial charge in [-0.05, 0) is 100 Å². The van der Waals surface area contributed by atoms with E-state index < -0.39 is 0 Å². The number of amides is 1. The summed E-state index contributed by atoms with van der Waals surface area (Å²) in [6, 6.07) is 10.4. The fourth-order valence-corrected chi connectivity index (χ4v) is 4.35. The van der Waals surface area contributed by atoms with Crippen LogP contribution in [-0.2, 0) is 6.42 Å². The van der Waals surface area contributed by atoms with Gasteiger partial charge in [-0.2, -0.15) is 0 Å².